The number of aryl methyl sites for hydroxylation is 2. The van der Waals surface area contributed by atoms with Crippen LogP contribution in [0.4, 0.5) is 11.4 Å². The summed E-state index contributed by atoms with van der Waals surface area (Å²) in [5.41, 5.74) is 11.0. The van der Waals surface area contributed by atoms with Gasteiger partial charge in [-0.1, -0.05) is 6.07 Å². The summed E-state index contributed by atoms with van der Waals surface area (Å²) in [5.74, 6) is 0. The Kier molecular flexibility index (Phi) is 3.28. The molecule has 0 bridgehead atoms. The van der Waals surface area contributed by atoms with Gasteiger partial charge in [-0.15, -0.1) is 0 Å². The van der Waals surface area contributed by atoms with Crippen molar-refractivity contribution >= 4 is 11.4 Å². The van der Waals surface area contributed by atoms with Crippen LogP contribution in [-0.4, -0.2) is 4.98 Å². The summed E-state index contributed by atoms with van der Waals surface area (Å²) < 4.78 is 0. The van der Waals surface area contributed by atoms with E-state index in [1.54, 1.807) is 0 Å². The first-order valence-corrected chi connectivity index (χ1v) is 5.67. The largest absolute Gasteiger partial charge is 0.399 e. The molecule has 0 fully saturated rings. The molecular formula is C14H17N3. The molecule has 0 aliphatic carbocycles. The van der Waals surface area contributed by atoms with E-state index in [2.05, 4.69) is 23.3 Å². The zero-order valence-corrected chi connectivity index (χ0v) is 10.2. The summed E-state index contributed by atoms with van der Waals surface area (Å²) in [7, 11) is 0. The molecule has 0 aliphatic rings. The number of nitrogens with two attached hydrogens (primary N) is 1. The third-order valence-electron chi connectivity index (χ3n) is 2.85. The molecule has 1 heterocycles. The lowest BCUT2D eigenvalue weighted by molar-refractivity contribution is 1.02. The molecule has 1 aromatic heterocycles. The molecular weight excluding hydrogens is 210 g/mol. The molecule has 0 amide bonds. The highest BCUT2D eigenvalue weighted by Crippen LogP contribution is 2.17. The maximum absolute atomic E-state index is 5.78. The number of benzene rings is 1. The third kappa shape index (κ3) is 2.75. The molecule has 0 atom stereocenters. The molecule has 2 aromatic rings. The molecule has 3 nitrogen and oxygen atoms in total. The maximum atomic E-state index is 5.78. The third-order valence-corrected chi connectivity index (χ3v) is 2.85. The minimum absolute atomic E-state index is 0.732. The SMILES string of the molecule is Cc1cc(NCc2ncccc2C)ccc1N. The molecule has 0 radical (unpaired) electrons. The fourth-order valence-electron chi connectivity index (χ4n) is 1.67. The van der Waals surface area contributed by atoms with Crippen molar-refractivity contribution in [3.8, 4) is 0 Å². The van der Waals surface area contributed by atoms with E-state index in [1.807, 2.05) is 37.4 Å². The standard InChI is InChI=1S/C14H17N3/c1-10-4-3-7-16-14(10)9-17-12-5-6-13(15)11(2)8-12/h3-8,17H,9,15H2,1-2H3. The number of nitrogens with one attached hydrogen (secondary N) is 1. The van der Waals surface area contributed by atoms with Crippen LogP contribution in [0.25, 0.3) is 0 Å². The van der Waals surface area contributed by atoms with E-state index < -0.39 is 0 Å². The zero-order valence-electron chi connectivity index (χ0n) is 10.2. The Balaban J connectivity index is 2.08. The van der Waals surface area contributed by atoms with Crippen LogP contribution in [-0.2, 0) is 6.54 Å². The number of hydrogen-bond donors (Lipinski definition) is 2. The summed E-state index contributed by atoms with van der Waals surface area (Å²) in [4.78, 5) is 4.35. The molecule has 0 saturated heterocycles. The zero-order chi connectivity index (χ0) is 12.3. The first-order valence-electron chi connectivity index (χ1n) is 5.67. The fraction of sp³-hybridized carbons (Fsp3) is 0.214. The molecule has 3 N–H and O–H groups in total. The number of nitrogen functional groups attached to an aromatic ring is 1. The molecule has 3 heteroatoms. The Labute approximate surface area is 102 Å². The second-order valence-electron chi connectivity index (χ2n) is 4.19. The molecule has 2 rings (SSSR count). The second-order valence-corrected chi connectivity index (χ2v) is 4.19. The second kappa shape index (κ2) is 4.87. The Bertz CT molecular complexity index is 521. The van der Waals surface area contributed by atoms with Crippen molar-refractivity contribution in [2.24, 2.45) is 0 Å². The van der Waals surface area contributed by atoms with E-state index in [9.17, 15) is 0 Å². The lowest BCUT2D eigenvalue weighted by atomic mass is 10.1. The van der Waals surface area contributed by atoms with E-state index in [-0.39, 0.29) is 0 Å². The number of nitrogens with zero attached hydrogens (tertiary/aromatic N) is 1. The Morgan fingerprint density at radius 2 is 2.00 bits per heavy atom. The first kappa shape index (κ1) is 11.5. The van der Waals surface area contributed by atoms with Crippen molar-refractivity contribution in [3.63, 3.8) is 0 Å². The van der Waals surface area contributed by atoms with Crippen molar-refractivity contribution in [1.82, 2.24) is 4.98 Å². The van der Waals surface area contributed by atoms with Crippen molar-refractivity contribution in [2.75, 3.05) is 11.1 Å². The van der Waals surface area contributed by atoms with Gasteiger partial charge in [-0.2, -0.15) is 0 Å². The van der Waals surface area contributed by atoms with Gasteiger partial charge in [-0.25, -0.2) is 0 Å². The van der Waals surface area contributed by atoms with E-state index in [1.165, 1.54) is 5.56 Å². The predicted octanol–water partition coefficient (Wildman–Crippen LogP) is 2.89. The minimum Gasteiger partial charge on any atom is -0.399 e. The summed E-state index contributed by atoms with van der Waals surface area (Å²) in [6, 6.07) is 9.97. The van der Waals surface area contributed by atoms with Gasteiger partial charge in [0, 0.05) is 17.6 Å². The molecule has 0 saturated carbocycles. The fourth-order valence-corrected chi connectivity index (χ4v) is 1.67. The van der Waals surface area contributed by atoms with Crippen LogP contribution in [0.1, 0.15) is 16.8 Å². The van der Waals surface area contributed by atoms with Crippen LogP contribution in [0.3, 0.4) is 0 Å². The van der Waals surface area contributed by atoms with Crippen LogP contribution in [0.5, 0.6) is 0 Å². The minimum atomic E-state index is 0.732. The Morgan fingerprint density at radius 1 is 1.18 bits per heavy atom. The average molecular weight is 227 g/mol. The van der Waals surface area contributed by atoms with E-state index in [0.29, 0.717) is 0 Å². The Hall–Kier alpha value is -2.03. The van der Waals surface area contributed by atoms with Gasteiger partial charge in [0.25, 0.3) is 0 Å². The highest BCUT2D eigenvalue weighted by atomic mass is 14.9. The summed E-state index contributed by atoms with van der Waals surface area (Å²) >= 11 is 0. The van der Waals surface area contributed by atoms with Gasteiger partial charge in [-0.05, 0) is 49.2 Å². The molecule has 0 aliphatic heterocycles. The molecule has 0 unspecified atom stereocenters. The summed E-state index contributed by atoms with van der Waals surface area (Å²) in [6.07, 6.45) is 1.82. The highest BCUT2D eigenvalue weighted by Gasteiger charge is 2.00. The van der Waals surface area contributed by atoms with Gasteiger partial charge >= 0.3 is 0 Å². The van der Waals surface area contributed by atoms with Crippen molar-refractivity contribution < 1.29 is 0 Å². The van der Waals surface area contributed by atoms with Crippen LogP contribution in [0, 0.1) is 13.8 Å². The van der Waals surface area contributed by atoms with Gasteiger partial charge in [0.15, 0.2) is 0 Å². The lowest BCUT2D eigenvalue weighted by Gasteiger charge is -2.09. The quantitative estimate of drug-likeness (QED) is 0.793. The number of rotatable bonds is 3. The topological polar surface area (TPSA) is 50.9 Å². The van der Waals surface area contributed by atoms with E-state index in [4.69, 9.17) is 5.73 Å². The summed E-state index contributed by atoms with van der Waals surface area (Å²) in [5, 5.41) is 3.35. The molecule has 1 aromatic carbocycles. The average Bonchev–Trinajstić information content (AvgIpc) is 2.32. The normalized spacial score (nSPS) is 10.2. The smallest absolute Gasteiger partial charge is 0.0623 e. The van der Waals surface area contributed by atoms with Crippen LogP contribution >= 0.6 is 0 Å². The van der Waals surface area contributed by atoms with Crippen molar-refractivity contribution in [1.29, 1.82) is 0 Å². The number of anilines is 2. The molecule has 88 valence electrons. The van der Waals surface area contributed by atoms with Gasteiger partial charge in [0.05, 0.1) is 12.2 Å². The summed E-state index contributed by atoms with van der Waals surface area (Å²) in [6.45, 7) is 4.81. The Morgan fingerprint density at radius 3 is 2.71 bits per heavy atom. The monoisotopic (exact) mass is 227 g/mol. The molecule has 0 spiro atoms. The van der Waals surface area contributed by atoms with Crippen molar-refractivity contribution in [2.45, 2.75) is 20.4 Å². The first-order chi connectivity index (χ1) is 8.16. The number of hydrogen-bond acceptors (Lipinski definition) is 3. The van der Waals surface area contributed by atoms with Gasteiger partial charge in [-0.3, -0.25) is 4.98 Å². The van der Waals surface area contributed by atoms with Crippen LogP contribution < -0.4 is 11.1 Å². The van der Waals surface area contributed by atoms with Crippen LogP contribution in [0.15, 0.2) is 36.5 Å². The van der Waals surface area contributed by atoms with Crippen LogP contribution in [0.2, 0.25) is 0 Å². The van der Waals surface area contributed by atoms with E-state index >= 15 is 0 Å². The highest BCUT2D eigenvalue weighted by molar-refractivity contribution is 5.56. The number of pyridine rings is 1. The van der Waals surface area contributed by atoms with Crippen molar-refractivity contribution in [3.05, 3.63) is 53.3 Å². The van der Waals surface area contributed by atoms with Gasteiger partial charge < -0.3 is 11.1 Å². The number of aromatic nitrogens is 1. The van der Waals surface area contributed by atoms with Gasteiger partial charge in [0.1, 0.15) is 0 Å². The van der Waals surface area contributed by atoms with Gasteiger partial charge in [0.2, 0.25) is 0 Å². The van der Waals surface area contributed by atoms with E-state index in [0.717, 1.165) is 29.2 Å². The molecule has 17 heavy (non-hydrogen) atoms. The lowest BCUT2D eigenvalue weighted by Crippen LogP contribution is -2.04. The maximum Gasteiger partial charge on any atom is 0.0623 e. The predicted molar refractivity (Wildman–Crippen MR) is 71.9 cm³/mol.